The van der Waals surface area contributed by atoms with Crippen LogP contribution < -0.4 is 10.9 Å². The van der Waals surface area contributed by atoms with Crippen molar-refractivity contribution in [1.29, 1.82) is 0 Å². The Hall–Kier alpha value is -1.91. The van der Waals surface area contributed by atoms with Crippen LogP contribution in [0.5, 0.6) is 0 Å². The van der Waals surface area contributed by atoms with Gasteiger partial charge in [-0.25, -0.2) is 4.79 Å². The van der Waals surface area contributed by atoms with Gasteiger partial charge in [0, 0.05) is 17.0 Å². The van der Waals surface area contributed by atoms with Crippen LogP contribution in [-0.2, 0) is 25.9 Å². The van der Waals surface area contributed by atoms with Crippen LogP contribution in [0.1, 0.15) is 28.0 Å². The molecular weight excluding hydrogens is 294 g/mol. The highest BCUT2D eigenvalue weighted by atomic mass is 32.1. The Morgan fingerprint density at radius 2 is 2.00 bits per heavy atom. The number of rotatable bonds is 4. The molecule has 112 valence electrons. The second-order valence-electron chi connectivity index (χ2n) is 5.84. The molecule has 3 nitrogen and oxygen atoms in total. The summed E-state index contributed by atoms with van der Waals surface area (Å²) in [6.07, 6.45) is 3.45. The number of quaternary nitrogens is 1. The summed E-state index contributed by atoms with van der Waals surface area (Å²) in [5.74, 6) is 0. The van der Waals surface area contributed by atoms with Crippen molar-refractivity contribution in [1.82, 2.24) is 0 Å². The fraction of sp³-hybridized carbons (Fsp3) is 0.278. The maximum Gasteiger partial charge on any atom is 0.336 e. The lowest BCUT2D eigenvalue weighted by atomic mass is 10.0. The van der Waals surface area contributed by atoms with Gasteiger partial charge in [0.2, 0.25) is 0 Å². The van der Waals surface area contributed by atoms with Crippen LogP contribution in [0.3, 0.4) is 0 Å². The van der Waals surface area contributed by atoms with Gasteiger partial charge in [-0.15, -0.1) is 11.3 Å². The Balaban J connectivity index is 1.65. The van der Waals surface area contributed by atoms with Gasteiger partial charge in [-0.2, -0.15) is 0 Å². The average molecular weight is 312 g/mol. The van der Waals surface area contributed by atoms with E-state index in [-0.39, 0.29) is 5.63 Å². The molecule has 4 heteroatoms. The number of benzene rings is 1. The van der Waals surface area contributed by atoms with Crippen LogP contribution in [-0.4, -0.2) is 0 Å². The number of hydrogen-bond acceptors (Lipinski definition) is 3. The first-order valence-corrected chi connectivity index (χ1v) is 8.60. The first kappa shape index (κ1) is 13.7. The second-order valence-corrected chi connectivity index (χ2v) is 6.87. The van der Waals surface area contributed by atoms with E-state index in [0.29, 0.717) is 0 Å². The lowest BCUT2D eigenvalue weighted by Gasteiger charge is -2.07. The number of thiophene rings is 1. The molecule has 22 heavy (non-hydrogen) atoms. The van der Waals surface area contributed by atoms with Crippen molar-refractivity contribution in [2.45, 2.75) is 32.4 Å². The van der Waals surface area contributed by atoms with Gasteiger partial charge >= 0.3 is 5.63 Å². The number of nitrogens with two attached hydrogens (primary N) is 1. The molecule has 0 aliphatic heterocycles. The molecule has 1 aromatic carbocycles. The third kappa shape index (κ3) is 2.60. The minimum atomic E-state index is -0.245. The quantitative estimate of drug-likeness (QED) is 0.753. The summed E-state index contributed by atoms with van der Waals surface area (Å²) in [6, 6.07) is 10.2. The van der Waals surface area contributed by atoms with Crippen molar-refractivity contribution < 1.29 is 9.73 Å². The molecule has 1 aliphatic rings. The molecule has 2 N–H and O–H groups in total. The lowest BCUT2D eigenvalue weighted by molar-refractivity contribution is -0.685. The summed E-state index contributed by atoms with van der Waals surface area (Å²) in [4.78, 5) is 13.2. The maximum absolute atomic E-state index is 11.8. The van der Waals surface area contributed by atoms with Crippen LogP contribution in [0, 0.1) is 0 Å². The van der Waals surface area contributed by atoms with Gasteiger partial charge < -0.3 is 9.73 Å². The zero-order valence-electron chi connectivity index (χ0n) is 12.3. The second kappa shape index (κ2) is 5.71. The molecule has 2 aromatic heterocycles. The maximum atomic E-state index is 11.8. The molecule has 2 heterocycles. The summed E-state index contributed by atoms with van der Waals surface area (Å²) in [5, 5.41) is 5.44. The molecule has 0 radical (unpaired) electrons. The normalized spacial score (nSPS) is 13.6. The van der Waals surface area contributed by atoms with Crippen molar-refractivity contribution in [3.8, 4) is 0 Å². The van der Waals surface area contributed by atoms with Crippen LogP contribution in [0.15, 0.2) is 44.9 Å². The van der Waals surface area contributed by atoms with Gasteiger partial charge in [-0.05, 0) is 54.0 Å². The average Bonchev–Trinajstić information content (AvgIpc) is 3.15. The van der Waals surface area contributed by atoms with E-state index < -0.39 is 0 Å². The van der Waals surface area contributed by atoms with E-state index in [0.717, 1.165) is 42.5 Å². The summed E-state index contributed by atoms with van der Waals surface area (Å²) in [6.45, 7) is 1.75. The van der Waals surface area contributed by atoms with Crippen molar-refractivity contribution in [3.05, 3.63) is 67.7 Å². The van der Waals surface area contributed by atoms with Gasteiger partial charge in [0.05, 0.1) is 4.88 Å². The summed E-state index contributed by atoms with van der Waals surface area (Å²) in [5.41, 5.74) is 4.34. The van der Waals surface area contributed by atoms with Gasteiger partial charge in [-0.1, -0.05) is 6.07 Å². The van der Waals surface area contributed by atoms with Gasteiger partial charge in [0.15, 0.2) is 0 Å². The minimum Gasteiger partial charge on any atom is -0.423 e. The van der Waals surface area contributed by atoms with Crippen LogP contribution in [0.4, 0.5) is 0 Å². The largest absolute Gasteiger partial charge is 0.423 e. The molecule has 0 bridgehead atoms. The van der Waals surface area contributed by atoms with Gasteiger partial charge in [0.25, 0.3) is 0 Å². The van der Waals surface area contributed by atoms with Crippen LogP contribution in [0.2, 0.25) is 0 Å². The van der Waals surface area contributed by atoms with E-state index in [2.05, 4.69) is 35.0 Å². The molecule has 0 atom stereocenters. The molecule has 3 aromatic rings. The fourth-order valence-electron chi connectivity index (χ4n) is 3.26. The topological polar surface area (TPSA) is 46.8 Å². The lowest BCUT2D eigenvalue weighted by Crippen LogP contribution is -2.80. The van der Waals surface area contributed by atoms with E-state index in [9.17, 15) is 4.79 Å². The monoisotopic (exact) mass is 312 g/mol. The molecule has 0 fully saturated rings. The molecule has 0 saturated carbocycles. The summed E-state index contributed by atoms with van der Waals surface area (Å²) in [7, 11) is 0. The minimum absolute atomic E-state index is 0.245. The number of hydrogen-bond donors (Lipinski definition) is 1. The van der Waals surface area contributed by atoms with E-state index in [4.69, 9.17) is 4.42 Å². The highest BCUT2D eigenvalue weighted by molar-refractivity contribution is 7.09. The summed E-state index contributed by atoms with van der Waals surface area (Å²) >= 11 is 1.77. The summed E-state index contributed by atoms with van der Waals surface area (Å²) < 4.78 is 5.41. The van der Waals surface area contributed by atoms with Crippen molar-refractivity contribution in [2.75, 3.05) is 0 Å². The molecule has 0 unspecified atom stereocenters. The van der Waals surface area contributed by atoms with E-state index >= 15 is 0 Å². The van der Waals surface area contributed by atoms with Crippen molar-refractivity contribution in [3.63, 3.8) is 0 Å². The van der Waals surface area contributed by atoms with Gasteiger partial charge in [0.1, 0.15) is 18.7 Å². The Morgan fingerprint density at radius 3 is 2.82 bits per heavy atom. The van der Waals surface area contributed by atoms with Crippen LogP contribution in [0.25, 0.3) is 11.0 Å². The predicted octanol–water partition coefficient (Wildman–Crippen LogP) is 2.61. The molecular formula is C18H18NO2S+. The first-order valence-electron chi connectivity index (χ1n) is 7.72. The number of fused-ring (bicyclic) bond motifs is 2. The Labute approximate surface area is 132 Å². The molecule has 1 aliphatic carbocycles. The van der Waals surface area contributed by atoms with E-state index in [1.54, 1.807) is 17.4 Å². The highest BCUT2D eigenvalue weighted by Gasteiger charge is 2.15. The smallest absolute Gasteiger partial charge is 0.336 e. The van der Waals surface area contributed by atoms with E-state index in [1.165, 1.54) is 22.4 Å². The number of aryl methyl sites for hydroxylation is 2. The zero-order chi connectivity index (χ0) is 14.9. The Bertz CT molecular complexity index is 865. The zero-order valence-corrected chi connectivity index (χ0v) is 13.1. The Kier molecular flexibility index (Phi) is 3.56. The van der Waals surface area contributed by atoms with Crippen molar-refractivity contribution in [2.24, 2.45) is 0 Å². The highest BCUT2D eigenvalue weighted by Crippen LogP contribution is 2.28. The third-order valence-corrected chi connectivity index (χ3v) is 5.23. The van der Waals surface area contributed by atoms with Crippen molar-refractivity contribution >= 4 is 22.3 Å². The van der Waals surface area contributed by atoms with Gasteiger partial charge in [-0.3, -0.25) is 0 Å². The Morgan fingerprint density at radius 1 is 1.14 bits per heavy atom. The first-order chi connectivity index (χ1) is 10.8. The predicted molar refractivity (Wildman–Crippen MR) is 88.2 cm³/mol. The third-order valence-electron chi connectivity index (χ3n) is 4.33. The fourth-order valence-corrected chi connectivity index (χ4v) is 3.97. The molecule has 0 amide bonds. The molecule has 0 saturated heterocycles. The van der Waals surface area contributed by atoms with Crippen LogP contribution >= 0.6 is 11.3 Å². The van der Waals surface area contributed by atoms with E-state index in [1.807, 2.05) is 0 Å². The molecule has 4 rings (SSSR count). The molecule has 0 spiro atoms. The standard InChI is InChI=1S/C18H17NO2S/c20-18-9-14(10-19-11-15-5-2-6-22-15)16-7-12-3-1-4-13(12)8-17(16)21-18/h2,5-9,19H,1,3-4,10-11H2/p+1. The SMILES string of the molecule is O=c1cc(C[NH2+]Cc2cccs2)c2cc3c(cc2o1)CCC3.